The molecule has 0 spiro atoms. The fourth-order valence-corrected chi connectivity index (χ4v) is 4.98. The highest BCUT2D eigenvalue weighted by Crippen LogP contribution is 2.24. The van der Waals surface area contributed by atoms with Crippen LogP contribution in [0.1, 0.15) is 45.1 Å². The van der Waals surface area contributed by atoms with Gasteiger partial charge in [-0.1, -0.05) is 32.0 Å². The largest absolute Gasteiger partial charge is 0.497 e. The predicted molar refractivity (Wildman–Crippen MR) is 145 cm³/mol. The molecule has 0 heterocycles. The minimum atomic E-state index is -3.59. The monoisotopic (exact) mass is 533 g/mol. The molecule has 10 heteroatoms. The van der Waals surface area contributed by atoms with Crippen molar-refractivity contribution in [3.8, 4) is 11.5 Å². The molecule has 37 heavy (non-hydrogen) atoms. The van der Waals surface area contributed by atoms with Crippen LogP contribution in [0.15, 0.2) is 48.5 Å². The molecule has 2 rings (SSSR count). The van der Waals surface area contributed by atoms with E-state index in [1.165, 1.54) is 11.4 Å². The molecular weight excluding hydrogens is 494 g/mol. The van der Waals surface area contributed by atoms with Crippen molar-refractivity contribution in [2.24, 2.45) is 0 Å². The van der Waals surface area contributed by atoms with Crippen molar-refractivity contribution < 1.29 is 27.5 Å². The summed E-state index contributed by atoms with van der Waals surface area (Å²) in [4.78, 5) is 28.0. The molecule has 9 nitrogen and oxygen atoms in total. The third kappa shape index (κ3) is 8.96. The number of ether oxygens (including phenoxy) is 2. The maximum absolute atomic E-state index is 13.5. The lowest BCUT2D eigenvalue weighted by molar-refractivity contribution is -0.141. The minimum absolute atomic E-state index is 0.0809. The Hall–Kier alpha value is -3.27. The highest BCUT2D eigenvalue weighted by molar-refractivity contribution is 7.92. The van der Waals surface area contributed by atoms with E-state index in [0.29, 0.717) is 30.2 Å². The Kier molecular flexibility index (Phi) is 11.7. The summed E-state index contributed by atoms with van der Waals surface area (Å²) in [6, 6.07) is 13.5. The Bertz CT molecular complexity index is 1140. The fourth-order valence-electron chi connectivity index (χ4n) is 4.02. The van der Waals surface area contributed by atoms with Crippen LogP contribution in [0.3, 0.4) is 0 Å². The van der Waals surface area contributed by atoms with E-state index in [0.717, 1.165) is 18.2 Å². The molecule has 2 aromatic rings. The van der Waals surface area contributed by atoms with E-state index in [1.807, 2.05) is 38.1 Å². The molecule has 2 aromatic carbocycles. The maximum atomic E-state index is 13.5. The summed E-state index contributed by atoms with van der Waals surface area (Å²) in [5, 5.41) is 2.90. The minimum Gasteiger partial charge on any atom is -0.497 e. The molecule has 0 aromatic heterocycles. The van der Waals surface area contributed by atoms with Crippen molar-refractivity contribution >= 4 is 27.5 Å². The molecule has 1 unspecified atom stereocenters. The summed E-state index contributed by atoms with van der Waals surface area (Å²) >= 11 is 0. The van der Waals surface area contributed by atoms with Gasteiger partial charge in [0.1, 0.15) is 17.5 Å². The molecule has 2 amide bonds. The lowest BCUT2D eigenvalue weighted by Gasteiger charge is -2.31. The van der Waals surface area contributed by atoms with E-state index >= 15 is 0 Å². The molecular formula is C27H39N3O6S. The molecule has 204 valence electrons. The number of hydrogen-bond donors (Lipinski definition) is 1. The van der Waals surface area contributed by atoms with Gasteiger partial charge in [0.25, 0.3) is 0 Å². The van der Waals surface area contributed by atoms with Crippen LogP contribution >= 0.6 is 0 Å². The standard InChI is InChI=1S/C27H39N3O6S/c1-6-16-28-27(32)25(7-2)29(20-21-11-8-13-23(18-21)35-3)26(31)15-10-17-30(37(5,33)34)22-12-9-14-24(19-22)36-4/h8-9,11-14,18-19,25H,6-7,10,15-17,20H2,1-5H3,(H,28,32). The molecule has 0 aliphatic rings. The van der Waals surface area contributed by atoms with Gasteiger partial charge in [0.05, 0.1) is 26.2 Å². The second-order valence-electron chi connectivity index (χ2n) is 8.73. The zero-order chi connectivity index (χ0) is 27.4. The fraction of sp³-hybridized carbons (Fsp3) is 0.481. The maximum Gasteiger partial charge on any atom is 0.242 e. The molecule has 0 fully saturated rings. The topological polar surface area (TPSA) is 105 Å². The first-order valence-electron chi connectivity index (χ1n) is 12.5. The van der Waals surface area contributed by atoms with Gasteiger partial charge < -0.3 is 19.7 Å². The summed E-state index contributed by atoms with van der Waals surface area (Å²) in [6.45, 7) is 4.72. The van der Waals surface area contributed by atoms with Crippen molar-refractivity contribution in [2.45, 2.75) is 52.1 Å². The second kappa shape index (κ2) is 14.5. The molecule has 1 N–H and O–H groups in total. The van der Waals surface area contributed by atoms with Crippen molar-refractivity contribution in [2.75, 3.05) is 37.9 Å². The predicted octanol–water partition coefficient (Wildman–Crippen LogP) is 3.58. The Balaban J connectivity index is 2.23. The number of sulfonamides is 1. The molecule has 0 aliphatic heterocycles. The summed E-state index contributed by atoms with van der Waals surface area (Å²) in [5.74, 6) is 0.779. The molecule has 0 aliphatic carbocycles. The van der Waals surface area contributed by atoms with Gasteiger partial charge in [0.2, 0.25) is 21.8 Å². The Morgan fingerprint density at radius 2 is 1.65 bits per heavy atom. The molecule has 1 atom stereocenters. The van der Waals surface area contributed by atoms with Gasteiger partial charge in [0.15, 0.2) is 0 Å². The Morgan fingerprint density at radius 3 is 2.24 bits per heavy atom. The highest BCUT2D eigenvalue weighted by Gasteiger charge is 2.28. The van der Waals surface area contributed by atoms with E-state index < -0.39 is 16.1 Å². The number of nitrogens with zero attached hydrogens (tertiary/aromatic N) is 2. The normalized spacial score (nSPS) is 11.9. The van der Waals surface area contributed by atoms with Crippen LogP contribution in [0, 0.1) is 0 Å². The van der Waals surface area contributed by atoms with Crippen LogP contribution in [0.25, 0.3) is 0 Å². The average molecular weight is 534 g/mol. The number of methoxy groups -OCH3 is 2. The van der Waals surface area contributed by atoms with E-state index in [4.69, 9.17) is 9.47 Å². The van der Waals surface area contributed by atoms with Crippen LogP contribution in [-0.4, -0.2) is 64.7 Å². The SMILES string of the molecule is CCCNC(=O)C(CC)N(Cc1cccc(OC)c1)C(=O)CCCN(c1cccc(OC)c1)S(C)(=O)=O. The van der Waals surface area contributed by atoms with Crippen LogP contribution in [0.5, 0.6) is 11.5 Å². The van der Waals surface area contributed by atoms with Crippen LogP contribution in [-0.2, 0) is 26.2 Å². The zero-order valence-electron chi connectivity index (χ0n) is 22.4. The van der Waals surface area contributed by atoms with Gasteiger partial charge in [0, 0.05) is 32.1 Å². The lowest BCUT2D eigenvalue weighted by atomic mass is 10.1. The number of hydrogen-bond acceptors (Lipinski definition) is 6. The van der Waals surface area contributed by atoms with Gasteiger partial charge in [-0.15, -0.1) is 0 Å². The highest BCUT2D eigenvalue weighted by atomic mass is 32.2. The van der Waals surface area contributed by atoms with E-state index in [-0.39, 0.29) is 37.7 Å². The number of carbonyl (C=O) groups is 2. The second-order valence-corrected chi connectivity index (χ2v) is 10.6. The van der Waals surface area contributed by atoms with Gasteiger partial charge in [-0.2, -0.15) is 0 Å². The molecule has 0 saturated carbocycles. The number of benzene rings is 2. The third-order valence-electron chi connectivity index (χ3n) is 5.92. The first-order valence-corrected chi connectivity index (χ1v) is 14.3. The van der Waals surface area contributed by atoms with E-state index in [9.17, 15) is 18.0 Å². The lowest BCUT2D eigenvalue weighted by Crippen LogP contribution is -2.49. The van der Waals surface area contributed by atoms with E-state index in [1.54, 1.807) is 36.3 Å². The smallest absolute Gasteiger partial charge is 0.242 e. The zero-order valence-corrected chi connectivity index (χ0v) is 23.2. The number of carbonyl (C=O) groups excluding carboxylic acids is 2. The van der Waals surface area contributed by atoms with Gasteiger partial charge >= 0.3 is 0 Å². The quantitative estimate of drug-likeness (QED) is 0.375. The van der Waals surface area contributed by atoms with Crippen LogP contribution < -0.4 is 19.1 Å². The third-order valence-corrected chi connectivity index (χ3v) is 7.11. The number of nitrogens with one attached hydrogen (secondary N) is 1. The summed E-state index contributed by atoms with van der Waals surface area (Å²) < 4.78 is 36.8. The van der Waals surface area contributed by atoms with Crippen LogP contribution in [0.2, 0.25) is 0 Å². The summed E-state index contributed by atoms with van der Waals surface area (Å²) in [7, 11) is -0.499. The summed E-state index contributed by atoms with van der Waals surface area (Å²) in [5.41, 5.74) is 1.30. The first-order chi connectivity index (χ1) is 17.6. The van der Waals surface area contributed by atoms with Crippen molar-refractivity contribution in [3.63, 3.8) is 0 Å². The Morgan fingerprint density at radius 1 is 1.00 bits per heavy atom. The van der Waals surface area contributed by atoms with Crippen molar-refractivity contribution in [1.29, 1.82) is 0 Å². The molecule has 0 saturated heterocycles. The Labute approximate surface area is 220 Å². The van der Waals surface area contributed by atoms with Gasteiger partial charge in [-0.25, -0.2) is 8.42 Å². The van der Waals surface area contributed by atoms with Crippen LogP contribution in [0.4, 0.5) is 5.69 Å². The average Bonchev–Trinajstić information content (AvgIpc) is 2.89. The number of rotatable bonds is 15. The number of anilines is 1. The molecule has 0 bridgehead atoms. The van der Waals surface area contributed by atoms with Crippen molar-refractivity contribution in [1.82, 2.24) is 10.2 Å². The first kappa shape index (κ1) is 30.0. The number of amides is 2. The molecule has 0 radical (unpaired) electrons. The summed E-state index contributed by atoms with van der Waals surface area (Å²) in [6.07, 6.45) is 2.74. The van der Waals surface area contributed by atoms with Gasteiger partial charge in [-0.05, 0) is 49.1 Å². The van der Waals surface area contributed by atoms with E-state index in [2.05, 4.69) is 5.32 Å². The van der Waals surface area contributed by atoms with Gasteiger partial charge in [-0.3, -0.25) is 13.9 Å². The van der Waals surface area contributed by atoms with Crippen molar-refractivity contribution in [3.05, 3.63) is 54.1 Å².